The lowest BCUT2D eigenvalue weighted by atomic mass is 10.1. The van der Waals surface area contributed by atoms with E-state index in [2.05, 4.69) is 15.7 Å². The minimum absolute atomic E-state index is 0.306. The Morgan fingerprint density at radius 2 is 2.23 bits per heavy atom. The van der Waals surface area contributed by atoms with E-state index in [1.165, 1.54) is 11.8 Å². The third-order valence-electron chi connectivity index (χ3n) is 3.53. The lowest BCUT2D eigenvalue weighted by Crippen LogP contribution is -2.51. The summed E-state index contributed by atoms with van der Waals surface area (Å²) in [6, 6.07) is 7.46. The Kier molecular flexibility index (Phi) is 3.66. The molecule has 1 aromatic heterocycles. The van der Waals surface area contributed by atoms with E-state index >= 15 is 0 Å². The fraction of sp³-hybridized carbons (Fsp3) is 0.267. The van der Waals surface area contributed by atoms with Crippen LogP contribution in [-0.2, 0) is 23.2 Å². The zero-order valence-corrected chi connectivity index (χ0v) is 13.1. The maximum absolute atomic E-state index is 12.5. The van der Waals surface area contributed by atoms with Crippen molar-refractivity contribution in [2.45, 2.75) is 23.1 Å². The molecular weight excluding hydrogens is 300 g/mol. The van der Waals surface area contributed by atoms with Crippen LogP contribution in [-0.4, -0.2) is 26.3 Å². The van der Waals surface area contributed by atoms with Gasteiger partial charge in [0.1, 0.15) is 0 Å². The van der Waals surface area contributed by atoms with Gasteiger partial charge in [-0.1, -0.05) is 23.9 Å². The molecule has 0 saturated heterocycles. The second kappa shape index (κ2) is 5.49. The molecule has 0 spiro atoms. The minimum Gasteiger partial charge on any atom is -0.350 e. The third-order valence-corrected chi connectivity index (χ3v) is 4.88. The van der Waals surface area contributed by atoms with Crippen molar-refractivity contribution in [2.24, 2.45) is 7.05 Å². The first kappa shape index (κ1) is 14.6. The number of carbonyl (C=O) groups is 2. The third kappa shape index (κ3) is 2.59. The van der Waals surface area contributed by atoms with E-state index in [9.17, 15) is 9.59 Å². The van der Waals surface area contributed by atoms with E-state index in [0.717, 1.165) is 16.1 Å². The van der Waals surface area contributed by atoms with Crippen LogP contribution in [0.1, 0.15) is 12.5 Å². The van der Waals surface area contributed by atoms with Gasteiger partial charge in [-0.15, -0.1) is 0 Å². The molecule has 2 aromatic rings. The van der Waals surface area contributed by atoms with Crippen LogP contribution in [0.5, 0.6) is 0 Å². The number of para-hydroxylation sites is 1. The van der Waals surface area contributed by atoms with Crippen molar-refractivity contribution < 1.29 is 9.59 Å². The van der Waals surface area contributed by atoms with Crippen molar-refractivity contribution in [1.82, 2.24) is 15.1 Å². The van der Waals surface area contributed by atoms with Crippen molar-refractivity contribution in [2.75, 3.05) is 5.32 Å². The molecule has 22 heavy (non-hydrogen) atoms. The standard InChI is InChI=1S/C15H16N4O2S/c1-15(13(20)16-7-10-8-17-19(2)9-10)14(21)18-11-5-3-4-6-12(11)22-15/h3-6,8-9H,7H2,1-2H3,(H,16,20)(H,18,21). The Bertz CT molecular complexity index is 743. The van der Waals surface area contributed by atoms with Crippen molar-refractivity contribution in [1.29, 1.82) is 0 Å². The largest absolute Gasteiger partial charge is 0.350 e. The van der Waals surface area contributed by atoms with Gasteiger partial charge in [-0.05, 0) is 19.1 Å². The predicted molar refractivity (Wildman–Crippen MR) is 84.4 cm³/mol. The van der Waals surface area contributed by atoms with Crippen LogP contribution in [0.3, 0.4) is 0 Å². The fourth-order valence-electron chi connectivity index (χ4n) is 2.23. The lowest BCUT2D eigenvalue weighted by Gasteiger charge is -2.31. The van der Waals surface area contributed by atoms with Crippen molar-refractivity contribution >= 4 is 29.3 Å². The summed E-state index contributed by atoms with van der Waals surface area (Å²) in [5.74, 6) is -0.617. The molecule has 2 amide bonds. The normalized spacial score (nSPS) is 20.2. The topological polar surface area (TPSA) is 76.0 Å². The highest BCUT2D eigenvalue weighted by atomic mass is 32.2. The van der Waals surface area contributed by atoms with Gasteiger partial charge >= 0.3 is 0 Å². The molecule has 6 nitrogen and oxygen atoms in total. The maximum Gasteiger partial charge on any atom is 0.250 e. The number of hydrogen-bond donors (Lipinski definition) is 2. The van der Waals surface area contributed by atoms with E-state index in [1.807, 2.05) is 37.5 Å². The molecule has 1 aromatic carbocycles. The molecular formula is C15H16N4O2S. The van der Waals surface area contributed by atoms with Crippen LogP contribution >= 0.6 is 11.8 Å². The molecule has 0 fully saturated rings. The number of anilines is 1. The molecule has 1 aliphatic rings. The molecule has 1 atom stereocenters. The Morgan fingerprint density at radius 3 is 2.95 bits per heavy atom. The number of fused-ring (bicyclic) bond motifs is 1. The highest BCUT2D eigenvalue weighted by molar-refractivity contribution is 8.02. The van der Waals surface area contributed by atoms with Gasteiger partial charge < -0.3 is 10.6 Å². The molecule has 1 unspecified atom stereocenters. The SMILES string of the molecule is Cn1cc(CNC(=O)C2(C)Sc3ccccc3NC2=O)cn1. The monoisotopic (exact) mass is 316 g/mol. The summed E-state index contributed by atoms with van der Waals surface area (Å²) in [5, 5.41) is 9.66. The van der Waals surface area contributed by atoms with Gasteiger partial charge in [0.05, 0.1) is 11.9 Å². The van der Waals surface area contributed by atoms with Crippen LogP contribution in [0.2, 0.25) is 0 Å². The van der Waals surface area contributed by atoms with Gasteiger partial charge in [0.25, 0.3) is 0 Å². The molecule has 114 valence electrons. The average Bonchev–Trinajstić information content (AvgIpc) is 2.91. The smallest absolute Gasteiger partial charge is 0.250 e. The van der Waals surface area contributed by atoms with Gasteiger partial charge in [-0.3, -0.25) is 14.3 Å². The Hall–Kier alpha value is -2.28. The Morgan fingerprint density at radius 1 is 1.45 bits per heavy atom. The van der Waals surface area contributed by atoms with Crippen LogP contribution < -0.4 is 10.6 Å². The zero-order chi connectivity index (χ0) is 15.7. The first-order chi connectivity index (χ1) is 10.5. The molecule has 0 radical (unpaired) electrons. The Labute approximate surface area is 132 Å². The number of hydrogen-bond acceptors (Lipinski definition) is 4. The van der Waals surface area contributed by atoms with E-state index in [4.69, 9.17) is 0 Å². The van der Waals surface area contributed by atoms with Crippen molar-refractivity contribution in [3.8, 4) is 0 Å². The summed E-state index contributed by atoms with van der Waals surface area (Å²) in [6.07, 6.45) is 3.51. The predicted octanol–water partition coefficient (Wildman–Crippen LogP) is 1.54. The van der Waals surface area contributed by atoms with Gasteiger partial charge in [0, 0.05) is 30.2 Å². The number of carbonyl (C=O) groups excluding carboxylic acids is 2. The van der Waals surface area contributed by atoms with Crippen LogP contribution in [0, 0.1) is 0 Å². The highest BCUT2D eigenvalue weighted by Gasteiger charge is 2.45. The molecule has 0 saturated carbocycles. The van der Waals surface area contributed by atoms with E-state index in [-0.39, 0.29) is 11.8 Å². The number of thioether (sulfide) groups is 1. The molecule has 2 heterocycles. The highest BCUT2D eigenvalue weighted by Crippen LogP contribution is 2.42. The van der Waals surface area contributed by atoms with Gasteiger partial charge in [0.15, 0.2) is 4.75 Å². The number of benzene rings is 1. The average molecular weight is 316 g/mol. The minimum atomic E-state index is -1.18. The number of nitrogens with zero attached hydrogens (tertiary/aromatic N) is 2. The first-order valence-corrected chi connectivity index (χ1v) is 7.66. The van der Waals surface area contributed by atoms with Gasteiger partial charge in [-0.25, -0.2) is 0 Å². The van der Waals surface area contributed by atoms with E-state index < -0.39 is 4.75 Å². The van der Waals surface area contributed by atoms with E-state index in [0.29, 0.717) is 6.54 Å². The molecule has 1 aliphatic heterocycles. The summed E-state index contributed by atoms with van der Waals surface area (Å²) >= 11 is 1.27. The number of aromatic nitrogens is 2. The molecule has 7 heteroatoms. The summed E-state index contributed by atoms with van der Waals surface area (Å²) in [7, 11) is 1.81. The summed E-state index contributed by atoms with van der Waals surface area (Å²) in [5.41, 5.74) is 1.64. The lowest BCUT2D eigenvalue weighted by molar-refractivity contribution is -0.130. The maximum atomic E-state index is 12.5. The van der Waals surface area contributed by atoms with Gasteiger partial charge in [-0.2, -0.15) is 5.10 Å². The molecule has 2 N–H and O–H groups in total. The van der Waals surface area contributed by atoms with E-state index in [1.54, 1.807) is 17.8 Å². The second-order valence-electron chi connectivity index (χ2n) is 5.29. The van der Waals surface area contributed by atoms with Crippen molar-refractivity contribution in [3.05, 3.63) is 42.2 Å². The van der Waals surface area contributed by atoms with Gasteiger partial charge in [0.2, 0.25) is 11.8 Å². The number of amides is 2. The number of nitrogens with one attached hydrogen (secondary N) is 2. The van der Waals surface area contributed by atoms with Crippen LogP contribution in [0.15, 0.2) is 41.6 Å². The second-order valence-corrected chi connectivity index (χ2v) is 6.75. The number of aryl methyl sites for hydroxylation is 1. The Balaban J connectivity index is 1.75. The molecule has 0 bridgehead atoms. The van der Waals surface area contributed by atoms with Crippen LogP contribution in [0.4, 0.5) is 5.69 Å². The fourth-order valence-corrected chi connectivity index (χ4v) is 3.35. The van der Waals surface area contributed by atoms with Crippen molar-refractivity contribution in [3.63, 3.8) is 0 Å². The summed E-state index contributed by atoms with van der Waals surface area (Å²) in [4.78, 5) is 25.7. The molecule has 0 aliphatic carbocycles. The number of rotatable bonds is 3. The quantitative estimate of drug-likeness (QED) is 0.842. The first-order valence-electron chi connectivity index (χ1n) is 6.84. The summed E-state index contributed by atoms with van der Waals surface area (Å²) in [6.45, 7) is 1.99. The molecule has 3 rings (SSSR count). The summed E-state index contributed by atoms with van der Waals surface area (Å²) < 4.78 is 0.484. The zero-order valence-electron chi connectivity index (χ0n) is 12.3. The van der Waals surface area contributed by atoms with Crippen LogP contribution in [0.25, 0.3) is 0 Å².